The largest absolute Gasteiger partial charge is 0.469 e. The lowest BCUT2D eigenvalue weighted by atomic mass is 9.97. The van der Waals surface area contributed by atoms with Crippen molar-refractivity contribution >= 4 is 11.9 Å². The molecule has 1 aromatic rings. The van der Waals surface area contributed by atoms with Crippen LogP contribution >= 0.6 is 0 Å². The highest BCUT2D eigenvalue weighted by Crippen LogP contribution is 2.50. The maximum absolute atomic E-state index is 14.1. The predicted octanol–water partition coefficient (Wildman–Crippen LogP) is 3.56. The summed E-state index contributed by atoms with van der Waals surface area (Å²) in [5, 5.41) is 0. The first kappa shape index (κ1) is 16.9. The summed E-state index contributed by atoms with van der Waals surface area (Å²) in [7, 11) is 1.21. The van der Waals surface area contributed by atoms with Gasteiger partial charge in [0.15, 0.2) is 0 Å². The number of rotatable bonds is 5. The normalized spacial score (nSPS) is 24.9. The Hall–Kier alpha value is -1.98. The third-order valence-corrected chi connectivity index (χ3v) is 5.17. The van der Waals surface area contributed by atoms with E-state index in [-0.39, 0.29) is 24.0 Å². The summed E-state index contributed by atoms with van der Waals surface area (Å²) < 4.78 is 38.3. The molecule has 1 aromatic carbocycles. The number of carbonyl (C=O) groups is 2. The van der Waals surface area contributed by atoms with Gasteiger partial charge in [-0.15, -0.1) is 0 Å². The van der Waals surface area contributed by atoms with Crippen LogP contribution in [0.25, 0.3) is 0 Å². The van der Waals surface area contributed by atoms with Crippen LogP contribution in [-0.4, -0.2) is 24.6 Å². The Morgan fingerprint density at radius 2 is 1.83 bits per heavy atom. The van der Waals surface area contributed by atoms with Crippen LogP contribution in [0.2, 0.25) is 0 Å². The van der Waals surface area contributed by atoms with E-state index < -0.39 is 29.2 Å². The number of hydrogen-bond donors (Lipinski definition) is 0. The molecule has 2 bridgehead atoms. The Labute approximate surface area is 139 Å². The Morgan fingerprint density at radius 1 is 1.21 bits per heavy atom. The van der Waals surface area contributed by atoms with Crippen molar-refractivity contribution in [2.45, 2.75) is 50.5 Å². The number of carbonyl (C=O) groups excluding carboxylic acids is 2. The fraction of sp³-hybridized carbons (Fsp3) is 0.556. The molecule has 2 aliphatic carbocycles. The molecular weight excluding hydrogens is 318 g/mol. The highest BCUT2D eigenvalue weighted by atomic mass is 19.1. The topological polar surface area (TPSA) is 52.6 Å². The minimum atomic E-state index is -0.848. The molecule has 0 unspecified atom stereocenters. The second kappa shape index (κ2) is 6.49. The van der Waals surface area contributed by atoms with Crippen LogP contribution in [0, 0.1) is 17.6 Å². The van der Waals surface area contributed by atoms with Gasteiger partial charge in [-0.2, -0.15) is 0 Å². The van der Waals surface area contributed by atoms with E-state index in [4.69, 9.17) is 4.74 Å². The van der Waals surface area contributed by atoms with Crippen molar-refractivity contribution in [2.24, 2.45) is 5.92 Å². The van der Waals surface area contributed by atoms with Crippen molar-refractivity contribution < 1.29 is 27.8 Å². The molecule has 0 atom stereocenters. The van der Waals surface area contributed by atoms with Crippen molar-refractivity contribution in [3.05, 3.63) is 34.9 Å². The highest BCUT2D eigenvalue weighted by molar-refractivity contribution is 5.90. The van der Waals surface area contributed by atoms with Crippen molar-refractivity contribution in [1.29, 1.82) is 0 Å². The minimum absolute atomic E-state index is 0.120. The van der Waals surface area contributed by atoms with Gasteiger partial charge in [0.2, 0.25) is 0 Å². The van der Waals surface area contributed by atoms with Crippen LogP contribution in [0.5, 0.6) is 0 Å². The number of ether oxygens (including phenoxy) is 2. The van der Waals surface area contributed by atoms with Gasteiger partial charge >= 0.3 is 11.9 Å². The Balaban J connectivity index is 1.72. The van der Waals surface area contributed by atoms with E-state index in [0.29, 0.717) is 5.92 Å². The molecule has 24 heavy (non-hydrogen) atoms. The monoisotopic (exact) mass is 338 g/mol. The van der Waals surface area contributed by atoms with Gasteiger partial charge in [-0.05, 0) is 56.6 Å². The molecule has 6 heteroatoms. The maximum atomic E-state index is 14.1. The zero-order valence-corrected chi connectivity index (χ0v) is 13.6. The number of fused-ring (bicyclic) bond motifs is 2. The molecule has 2 fully saturated rings. The molecule has 0 N–H and O–H groups in total. The molecular formula is C18H20F2O4. The van der Waals surface area contributed by atoms with Crippen molar-refractivity contribution in [1.82, 2.24) is 0 Å². The van der Waals surface area contributed by atoms with Gasteiger partial charge in [0, 0.05) is 12.0 Å². The summed E-state index contributed by atoms with van der Waals surface area (Å²) in [6.45, 7) is 0. The van der Waals surface area contributed by atoms with E-state index in [9.17, 15) is 18.4 Å². The van der Waals surface area contributed by atoms with Gasteiger partial charge in [-0.1, -0.05) is 0 Å². The van der Waals surface area contributed by atoms with Crippen molar-refractivity contribution in [3.8, 4) is 0 Å². The Kier molecular flexibility index (Phi) is 4.56. The molecule has 130 valence electrons. The summed E-state index contributed by atoms with van der Waals surface area (Å²) in [5.41, 5.74) is -0.799. The molecule has 0 radical (unpaired) electrons. The number of methoxy groups -OCH3 is 1. The van der Waals surface area contributed by atoms with Crippen molar-refractivity contribution in [3.63, 3.8) is 0 Å². The molecule has 3 rings (SSSR count). The van der Waals surface area contributed by atoms with Crippen LogP contribution < -0.4 is 0 Å². The summed E-state index contributed by atoms with van der Waals surface area (Å²) >= 11 is 0. The second-order valence-electron chi connectivity index (χ2n) is 6.71. The molecule has 0 aliphatic heterocycles. The van der Waals surface area contributed by atoms with Crippen LogP contribution in [-0.2, 0) is 20.7 Å². The lowest BCUT2D eigenvalue weighted by molar-refractivity contribution is -0.140. The van der Waals surface area contributed by atoms with Gasteiger partial charge in [0.05, 0.1) is 12.7 Å². The third kappa shape index (κ3) is 3.28. The summed E-state index contributed by atoms with van der Waals surface area (Å²) in [6, 6.07) is 1.96. The molecule has 2 saturated carbocycles. The van der Waals surface area contributed by atoms with E-state index in [1.165, 1.54) is 7.11 Å². The highest BCUT2D eigenvalue weighted by Gasteiger charge is 2.47. The van der Waals surface area contributed by atoms with Gasteiger partial charge in [0.25, 0.3) is 0 Å². The van der Waals surface area contributed by atoms with E-state index in [1.807, 2.05) is 0 Å². The van der Waals surface area contributed by atoms with Crippen LogP contribution in [0.3, 0.4) is 0 Å². The summed E-state index contributed by atoms with van der Waals surface area (Å²) in [4.78, 5) is 23.4. The van der Waals surface area contributed by atoms with Crippen LogP contribution in [0.4, 0.5) is 8.78 Å². The van der Waals surface area contributed by atoms with E-state index in [0.717, 1.165) is 44.2 Å². The van der Waals surface area contributed by atoms with Gasteiger partial charge in [-0.3, -0.25) is 4.79 Å². The van der Waals surface area contributed by atoms with Gasteiger partial charge < -0.3 is 9.47 Å². The minimum Gasteiger partial charge on any atom is -0.469 e. The fourth-order valence-corrected chi connectivity index (χ4v) is 3.83. The molecule has 2 aliphatic rings. The lowest BCUT2D eigenvalue weighted by Gasteiger charge is -2.26. The van der Waals surface area contributed by atoms with Crippen LogP contribution in [0.1, 0.15) is 54.4 Å². The molecule has 0 heterocycles. The number of hydrogen-bond acceptors (Lipinski definition) is 4. The zero-order chi connectivity index (χ0) is 17.3. The molecule has 4 nitrogen and oxygen atoms in total. The van der Waals surface area contributed by atoms with Crippen LogP contribution in [0.15, 0.2) is 12.1 Å². The second-order valence-corrected chi connectivity index (χ2v) is 6.71. The fourth-order valence-electron chi connectivity index (χ4n) is 3.83. The first-order valence-electron chi connectivity index (χ1n) is 8.20. The predicted molar refractivity (Wildman–Crippen MR) is 81.4 cm³/mol. The first-order valence-corrected chi connectivity index (χ1v) is 8.20. The number of benzene rings is 1. The number of esters is 2. The van der Waals surface area contributed by atoms with E-state index in [1.54, 1.807) is 0 Å². The average molecular weight is 338 g/mol. The molecule has 0 amide bonds. The SMILES string of the molecule is COC(=O)CCc1c(F)cc(C(=O)OC23CCC(CC2)C3)cc1F. The zero-order valence-electron chi connectivity index (χ0n) is 13.6. The molecule has 0 aromatic heterocycles. The standard InChI is InChI=1S/C18H20F2O4/c1-23-16(21)3-2-13-14(19)8-12(9-15(13)20)17(22)24-18-6-4-11(10-18)5-7-18/h8-9,11H,2-7,10H2,1H3. The number of halogens is 2. The average Bonchev–Trinajstić information content (AvgIpc) is 3.13. The van der Waals surface area contributed by atoms with Gasteiger partial charge in [-0.25, -0.2) is 13.6 Å². The Morgan fingerprint density at radius 3 is 2.33 bits per heavy atom. The quantitative estimate of drug-likeness (QED) is 0.770. The maximum Gasteiger partial charge on any atom is 0.338 e. The van der Waals surface area contributed by atoms with E-state index in [2.05, 4.69) is 4.74 Å². The molecule has 0 saturated heterocycles. The summed E-state index contributed by atoms with van der Waals surface area (Å²) in [6.07, 6.45) is 4.34. The van der Waals surface area contributed by atoms with E-state index >= 15 is 0 Å². The molecule has 0 spiro atoms. The smallest absolute Gasteiger partial charge is 0.338 e. The first-order chi connectivity index (χ1) is 11.4. The summed E-state index contributed by atoms with van der Waals surface area (Å²) in [5.74, 6) is -2.33. The lowest BCUT2D eigenvalue weighted by Crippen LogP contribution is -2.30. The van der Waals surface area contributed by atoms with Gasteiger partial charge in [0.1, 0.15) is 17.2 Å². The third-order valence-electron chi connectivity index (χ3n) is 5.17. The Bertz CT molecular complexity index is 640. The van der Waals surface area contributed by atoms with Crippen molar-refractivity contribution in [2.75, 3.05) is 7.11 Å².